The smallest absolute Gasteiger partial charge is 0.191 e. The van der Waals surface area contributed by atoms with Crippen LogP contribution < -0.4 is 10.6 Å². The second-order valence-corrected chi connectivity index (χ2v) is 6.11. The van der Waals surface area contributed by atoms with Crippen molar-refractivity contribution in [1.82, 2.24) is 20.5 Å². The van der Waals surface area contributed by atoms with Gasteiger partial charge in [0.1, 0.15) is 0 Å². The second kappa shape index (κ2) is 8.58. The predicted octanol–water partition coefficient (Wildman–Crippen LogP) is 2.22. The molecule has 0 aliphatic heterocycles. The maximum Gasteiger partial charge on any atom is 0.191 e. The average molecular weight is 315 g/mol. The Morgan fingerprint density at radius 1 is 1.22 bits per heavy atom. The van der Waals surface area contributed by atoms with Gasteiger partial charge in [0, 0.05) is 49.8 Å². The quantitative estimate of drug-likeness (QED) is 0.542. The Morgan fingerprint density at radius 3 is 2.70 bits per heavy atom. The van der Waals surface area contributed by atoms with E-state index in [0.717, 1.165) is 32.0 Å². The lowest BCUT2D eigenvalue weighted by molar-refractivity contribution is 0.278. The lowest BCUT2D eigenvalue weighted by Crippen LogP contribution is -2.42. The first-order valence-corrected chi connectivity index (χ1v) is 8.31. The Kier molecular flexibility index (Phi) is 6.47. The van der Waals surface area contributed by atoms with Gasteiger partial charge in [-0.2, -0.15) is 0 Å². The number of para-hydroxylation sites is 1. The van der Waals surface area contributed by atoms with E-state index in [1.165, 1.54) is 16.5 Å². The van der Waals surface area contributed by atoms with Crippen LogP contribution in [0.4, 0.5) is 0 Å². The summed E-state index contributed by atoms with van der Waals surface area (Å²) in [6, 6.07) is 8.97. The normalized spacial score (nSPS) is 12.3. The van der Waals surface area contributed by atoms with Gasteiger partial charge in [-0.1, -0.05) is 18.2 Å². The van der Waals surface area contributed by atoms with E-state index in [9.17, 15) is 0 Å². The average Bonchev–Trinajstić information content (AvgIpc) is 2.96. The molecule has 0 atom stereocenters. The summed E-state index contributed by atoms with van der Waals surface area (Å²) in [5, 5.41) is 8.05. The van der Waals surface area contributed by atoms with Crippen molar-refractivity contribution < 1.29 is 0 Å². The highest BCUT2D eigenvalue weighted by Crippen LogP contribution is 2.17. The number of nitrogens with zero attached hydrogens (tertiary/aromatic N) is 2. The van der Waals surface area contributed by atoms with Crippen LogP contribution in [0.15, 0.2) is 35.5 Å². The zero-order chi connectivity index (χ0) is 16.7. The molecule has 3 N–H and O–H groups in total. The third-order valence-electron chi connectivity index (χ3n) is 4.22. The molecule has 2 aromatic rings. The van der Waals surface area contributed by atoms with Gasteiger partial charge in [-0.05, 0) is 38.9 Å². The van der Waals surface area contributed by atoms with Gasteiger partial charge in [0.2, 0.25) is 0 Å². The minimum Gasteiger partial charge on any atom is -0.361 e. The Hall–Kier alpha value is -2.01. The number of rotatable bonds is 7. The monoisotopic (exact) mass is 315 g/mol. The number of nitrogens with one attached hydrogen (secondary N) is 3. The number of aliphatic imine (C=N–C) groups is 1. The molecular formula is C18H29N5. The number of benzene rings is 1. The molecule has 0 radical (unpaired) electrons. The van der Waals surface area contributed by atoms with E-state index in [-0.39, 0.29) is 0 Å². The first kappa shape index (κ1) is 17.3. The molecule has 126 valence electrons. The number of hydrogen-bond acceptors (Lipinski definition) is 2. The maximum absolute atomic E-state index is 4.28. The molecule has 0 fully saturated rings. The van der Waals surface area contributed by atoms with Crippen LogP contribution in [-0.2, 0) is 6.42 Å². The van der Waals surface area contributed by atoms with E-state index in [0.29, 0.717) is 6.04 Å². The minimum atomic E-state index is 0.564. The Balaban J connectivity index is 1.76. The topological polar surface area (TPSA) is 55.5 Å². The van der Waals surface area contributed by atoms with Gasteiger partial charge in [0.25, 0.3) is 0 Å². The van der Waals surface area contributed by atoms with Crippen molar-refractivity contribution in [2.75, 3.05) is 33.7 Å². The molecule has 1 aromatic carbocycles. The Labute approximate surface area is 139 Å². The summed E-state index contributed by atoms with van der Waals surface area (Å²) in [5.41, 5.74) is 2.53. The Morgan fingerprint density at radius 2 is 1.96 bits per heavy atom. The standard InChI is InChI=1S/C18H29N5/c1-14(2)23(4)12-11-21-18(19-3)20-10-9-15-13-22-17-8-6-5-7-16(15)17/h5-8,13-14,22H,9-12H2,1-4H3,(H2,19,20,21). The molecule has 0 spiro atoms. The van der Waals surface area contributed by atoms with Crippen molar-refractivity contribution in [1.29, 1.82) is 0 Å². The van der Waals surface area contributed by atoms with Crippen LogP contribution in [-0.4, -0.2) is 55.6 Å². The molecule has 0 bridgehead atoms. The highest BCUT2D eigenvalue weighted by molar-refractivity contribution is 5.83. The van der Waals surface area contributed by atoms with Crippen molar-refractivity contribution in [2.45, 2.75) is 26.3 Å². The molecule has 0 saturated heterocycles. The van der Waals surface area contributed by atoms with Crippen LogP contribution in [0.2, 0.25) is 0 Å². The summed E-state index contributed by atoms with van der Waals surface area (Å²) in [6.45, 7) is 7.16. The van der Waals surface area contributed by atoms with Gasteiger partial charge < -0.3 is 20.5 Å². The fourth-order valence-electron chi connectivity index (χ4n) is 2.48. The van der Waals surface area contributed by atoms with Crippen molar-refractivity contribution in [3.63, 3.8) is 0 Å². The summed E-state index contributed by atoms with van der Waals surface area (Å²) < 4.78 is 0. The number of hydrogen-bond donors (Lipinski definition) is 3. The van der Waals surface area contributed by atoms with E-state index >= 15 is 0 Å². The SMILES string of the molecule is CN=C(NCCc1c[nH]c2ccccc12)NCCN(C)C(C)C. The summed E-state index contributed by atoms with van der Waals surface area (Å²) in [7, 11) is 3.95. The number of fused-ring (bicyclic) bond motifs is 1. The minimum absolute atomic E-state index is 0.564. The molecule has 5 nitrogen and oxygen atoms in total. The molecule has 5 heteroatoms. The van der Waals surface area contributed by atoms with Gasteiger partial charge in [-0.25, -0.2) is 0 Å². The van der Waals surface area contributed by atoms with Crippen molar-refractivity contribution in [2.24, 2.45) is 4.99 Å². The van der Waals surface area contributed by atoms with E-state index < -0.39 is 0 Å². The van der Waals surface area contributed by atoms with Crippen LogP contribution in [0.5, 0.6) is 0 Å². The van der Waals surface area contributed by atoms with E-state index in [4.69, 9.17) is 0 Å². The molecule has 0 unspecified atom stereocenters. The fraction of sp³-hybridized carbons (Fsp3) is 0.500. The fourth-order valence-corrected chi connectivity index (χ4v) is 2.48. The highest BCUT2D eigenvalue weighted by Gasteiger charge is 2.05. The largest absolute Gasteiger partial charge is 0.361 e. The van der Waals surface area contributed by atoms with Crippen LogP contribution in [0, 0.1) is 0 Å². The molecule has 0 saturated carbocycles. The van der Waals surface area contributed by atoms with Crippen molar-refractivity contribution in [3.8, 4) is 0 Å². The summed E-state index contributed by atoms with van der Waals surface area (Å²) in [6.07, 6.45) is 3.07. The maximum atomic E-state index is 4.28. The van der Waals surface area contributed by atoms with Gasteiger partial charge in [-0.3, -0.25) is 4.99 Å². The lowest BCUT2D eigenvalue weighted by Gasteiger charge is -2.21. The van der Waals surface area contributed by atoms with Crippen LogP contribution in [0.25, 0.3) is 10.9 Å². The second-order valence-electron chi connectivity index (χ2n) is 6.11. The molecule has 23 heavy (non-hydrogen) atoms. The van der Waals surface area contributed by atoms with Gasteiger partial charge in [-0.15, -0.1) is 0 Å². The van der Waals surface area contributed by atoms with Crippen molar-refractivity contribution >= 4 is 16.9 Å². The number of likely N-dealkylation sites (N-methyl/N-ethyl adjacent to an activating group) is 1. The number of guanidine groups is 1. The zero-order valence-electron chi connectivity index (χ0n) is 14.7. The Bertz CT molecular complexity index is 629. The van der Waals surface area contributed by atoms with Crippen molar-refractivity contribution in [3.05, 3.63) is 36.0 Å². The molecule has 1 heterocycles. The lowest BCUT2D eigenvalue weighted by atomic mass is 10.1. The number of aromatic amines is 1. The highest BCUT2D eigenvalue weighted by atomic mass is 15.2. The first-order chi connectivity index (χ1) is 11.1. The van der Waals surface area contributed by atoms with Crippen LogP contribution in [0.1, 0.15) is 19.4 Å². The number of aromatic nitrogens is 1. The third-order valence-corrected chi connectivity index (χ3v) is 4.22. The van der Waals surface area contributed by atoms with Gasteiger partial charge >= 0.3 is 0 Å². The zero-order valence-corrected chi connectivity index (χ0v) is 14.7. The molecule has 2 rings (SSSR count). The van der Waals surface area contributed by atoms with E-state index in [1.54, 1.807) is 0 Å². The van der Waals surface area contributed by atoms with E-state index in [1.807, 2.05) is 7.05 Å². The number of H-pyrrole nitrogens is 1. The summed E-state index contributed by atoms with van der Waals surface area (Å²) in [4.78, 5) is 9.91. The molecule has 0 amide bonds. The predicted molar refractivity (Wildman–Crippen MR) is 99.1 cm³/mol. The third kappa shape index (κ3) is 4.99. The molecule has 0 aliphatic rings. The molecule has 0 aliphatic carbocycles. The van der Waals surface area contributed by atoms with Crippen LogP contribution >= 0.6 is 0 Å². The van der Waals surface area contributed by atoms with Gasteiger partial charge in [0.05, 0.1) is 0 Å². The summed E-state index contributed by atoms with van der Waals surface area (Å²) in [5.74, 6) is 0.863. The van der Waals surface area contributed by atoms with Gasteiger partial charge in [0.15, 0.2) is 5.96 Å². The molecular weight excluding hydrogens is 286 g/mol. The summed E-state index contributed by atoms with van der Waals surface area (Å²) >= 11 is 0. The van der Waals surface area contributed by atoms with Crippen LogP contribution in [0.3, 0.4) is 0 Å². The van der Waals surface area contributed by atoms with E-state index in [2.05, 4.69) is 76.9 Å². The molecule has 1 aromatic heterocycles. The first-order valence-electron chi connectivity index (χ1n) is 8.31.